The number of aromatic nitrogens is 2. The zero-order valence-corrected chi connectivity index (χ0v) is 38.9. The second-order valence-electron chi connectivity index (χ2n) is 17.9. The Morgan fingerprint density at radius 3 is 1.90 bits per heavy atom. The van der Waals surface area contributed by atoms with Crippen molar-refractivity contribution >= 4 is 35.1 Å². The second kappa shape index (κ2) is 26.6. The molecule has 1 aliphatic heterocycles. The Morgan fingerprint density at radius 2 is 1.46 bits per heavy atom. The summed E-state index contributed by atoms with van der Waals surface area (Å²) in [4.78, 5) is 82.3. The minimum atomic E-state index is -1.05. The van der Waals surface area contributed by atoms with Crippen LogP contribution in [0.2, 0.25) is 0 Å². The van der Waals surface area contributed by atoms with E-state index in [1.807, 2.05) is 32.6 Å². The maximum absolute atomic E-state index is 13.1. The Bertz CT molecular complexity index is 1460. The molecule has 3 fully saturated rings. The van der Waals surface area contributed by atoms with Crippen LogP contribution in [0.3, 0.4) is 0 Å². The van der Waals surface area contributed by atoms with Crippen LogP contribution in [0.25, 0.3) is 0 Å². The first-order valence-electron chi connectivity index (χ1n) is 22.7. The lowest BCUT2D eigenvalue weighted by molar-refractivity contribution is -0.146. The minimum absolute atomic E-state index is 0.0139. The molecule has 1 aromatic rings. The van der Waals surface area contributed by atoms with Crippen molar-refractivity contribution < 1.29 is 33.2 Å². The molecule has 2 N–H and O–H groups in total. The summed E-state index contributed by atoms with van der Waals surface area (Å²) in [7, 11) is 0. The quantitative estimate of drug-likeness (QED) is 0.157. The van der Waals surface area contributed by atoms with Gasteiger partial charge in [-0.05, 0) is 88.4 Å². The molecule has 2 saturated carbocycles. The lowest BCUT2D eigenvalue weighted by Crippen LogP contribution is -2.49. The Morgan fingerprint density at radius 1 is 0.864 bits per heavy atom. The molecule has 1 saturated heterocycles. The fourth-order valence-electron chi connectivity index (χ4n) is 8.50. The number of alkyl halides is 1. The van der Waals surface area contributed by atoms with Gasteiger partial charge in [0.25, 0.3) is 11.8 Å². The number of hydrogen-bond acceptors (Lipinski definition) is 8. The molecule has 12 heteroatoms. The molecule has 7 unspecified atom stereocenters. The summed E-state index contributed by atoms with van der Waals surface area (Å²) in [6, 6.07) is -0.418. The predicted molar refractivity (Wildman–Crippen MR) is 233 cm³/mol. The van der Waals surface area contributed by atoms with Crippen molar-refractivity contribution in [3.8, 4) is 0 Å². The van der Waals surface area contributed by atoms with Gasteiger partial charge in [0.2, 0.25) is 11.7 Å². The van der Waals surface area contributed by atoms with E-state index in [-0.39, 0.29) is 70.7 Å². The van der Waals surface area contributed by atoms with Crippen LogP contribution in [0.5, 0.6) is 0 Å². The maximum Gasteiger partial charge on any atom is 0.287 e. The van der Waals surface area contributed by atoms with Crippen molar-refractivity contribution in [1.29, 1.82) is 0 Å². The normalized spacial score (nSPS) is 20.9. The molecule has 59 heavy (non-hydrogen) atoms. The van der Waals surface area contributed by atoms with E-state index in [1.54, 1.807) is 6.92 Å². The van der Waals surface area contributed by atoms with Crippen LogP contribution in [-0.2, 0) is 24.0 Å². The van der Waals surface area contributed by atoms with Crippen LogP contribution in [0.15, 0.2) is 18.6 Å². The SMILES string of the molecule is CC.CC(=O)C(NC(=O)c1cnccn1)C1CCCCC1.CCC(C)C(CC(C)F)C(=O)C(=O)NC1CC1.CCC1CCN(C(=O)[C@@H](C(C)CC)C(C)(C)C)C1C(C)=O. The van der Waals surface area contributed by atoms with Crippen molar-refractivity contribution in [3.63, 3.8) is 0 Å². The van der Waals surface area contributed by atoms with E-state index in [9.17, 15) is 33.2 Å². The average Bonchev–Trinajstić information content (AvgIpc) is 3.92. The molecule has 2 heterocycles. The van der Waals surface area contributed by atoms with Crippen LogP contribution >= 0.6 is 0 Å². The van der Waals surface area contributed by atoms with Gasteiger partial charge in [-0.3, -0.25) is 33.8 Å². The molecule has 3 aliphatic rings. The Balaban J connectivity index is 0.000000435. The molecule has 0 aromatic carbocycles. The number of likely N-dealkylation sites (tertiary alicyclic amines) is 1. The first kappa shape index (κ1) is 53.4. The smallest absolute Gasteiger partial charge is 0.287 e. The molecular weight excluding hydrogens is 750 g/mol. The van der Waals surface area contributed by atoms with E-state index in [1.165, 1.54) is 38.9 Å². The molecule has 0 spiro atoms. The number of carbonyl (C=O) groups excluding carboxylic acids is 6. The lowest BCUT2D eigenvalue weighted by Gasteiger charge is -2.38. The van der Waals surface area contributed by atoms with Crippen molar-refractivity contribution in [3.05, 3.63) is 24.3 Å². The Labute approximate surface area is 356 Å². The number of nitrogens with one attached hydrogen (secondary N) is 2. The van der Waals surface area contributed by atoms with E-state index in [0.29, 0.717) is 11.8 Å². The predicted octanol–water partition coefficient (Wildman–Crippen LogP) is 8.93. The molecule has 0 bridgehead atoms. The maximum atomic E-state index is 13.1. The van der Waals surface area contributed by atoms with Crippen LogP contribution in [0, 0.1) is 40.9 Å². The molecule has 0 radical (unpaired) electrons. The first-order chi connectivity index (χ1) is 27.8. The molecule has 3 amide bonds. The number of hydrogen-bond donors (Lipinski definition) is 2. The van der Waals surface area contributed by atoms with E-state index in [0.717, 1.165) is 70.8 Å². The van der Waals surface area contributed by atoms with E-state index < -0.39 is 29.8 Å². The summed E-state index contributed by atoms with van der Waals surface area (Å²) < 4.78 is 13.1. The summed E-state index contributed by atoms with van der Waals surface area (Å²) >= 11 is 0. The van der Waals surface area contributed by atoms with Crippen LogP contribution in [0.4, 0.5) is 4.39 Å². The summed E-state index contributed by atoms with van der Waals surface area (Å²) in [6.45, 7) is 26.0. The van der Waals surface area contributed by atoms with Gasteiger partial charge in [-0.25, -0.2) is 9.37 Å². The van der Waals surface area contributed by atoms with Gasteiger partial charge in [0.1, 0.15) is 5.69 Å². The number of Topliss-reactive ketones (excluding diaryl/α,β-unsaturated/α-hetero) is 3. The highest BCUT2D eigenvalue weighted by molar-refractivity contribution is 6.37. The van der Waals surface area contributed by atoms with Gasteiger partial charge in [-0.2, -0.15) is 0 Å². The topological polar surface area (TPSA) is 156 Å². The monoisotopic (exact) mass is 830 g/mol. The number of halogens is 1. The van der Waals surface area contributed by atoms with E-state index in [4.69, 9.17) is 0 Å². The fourth-order valence-corrected chi connectivity index (χ4v) is 8.50. The first-order valence-corrected chi connectivity index (χ1v) is 22.7. The third-order valence-corrected chi connectivity index (χ3v) is 12.2. The lowest BCUT2D eigenvalue weighted by atomic mass is 9.72. The zero-order valence-electron chi connectivity index (χ0n) is 38.9. The van der Waals surface area contributed by atoms with Crippen molar-refractivity contribution in [2.24, 2.45) is 40.9 Å². The summed E-state index contributed by atoms with van der Waals surface area (Å²) in [5, 5.41) is 5.49. The highest BCUT2D eigenvalue weighted by atomic mass is 19.1. The van der Waals surface area contributed by atoms with Gasteiger partial charge in [0.05, 0.1) is 24.5 Å². The Kier molecular flexibility index (Phi) is 24.1. The third-order valence-electron chi connectivity index (χ3n) is 12.2. The van der Waals surface area contributed by atoms with Gasteiger partial charge < -0.3 is 15.5 Å². The van der Waals surface area contributed by atoms with Gasteiger partial charge in [0.15, 0.2) is 11.6 Å². The van der Waals surface area contributed by atoms with Crippen LogP contribution in [-0.4, -0.2) is 80.8 Å². The standard InChI is InChI=1S/C18H33NO2.C14H19N3O2.C13H22FNO2.C2H6/c1-8-12(3)15(18(5,6)7)17(21)19-11-10-14(9-2)16(19)13(4)20;1-10(18)13(11-5-3-2-4-6-11)17-14(19)12-9-15-7-8-16-12;1-4-8(2)11(7-9(3)14)12(16)13(17)15-10-5-6-10;1-2/h12,14-16H,8-11H2,1-7H3;7-9,11,13H,2-6H2,1H3,(H,17,19);8-11H,4-7H2,1-3H3,(H,15,17);1-2H3/t12?,14?,15-,16?;;;/m1.../s1. The number of carbonyl (C=O) groups is 6. The van der Waals surface area contributed by atoms with Gasteiger partial charge in [0, 0.05) is 36.8 Å². The molecule has 11 nitrogen and oxygen atoms in total. The van der Waals surface area contributed by atoms with E-state index >= 15 is 0 Å². The summed E-state index contributed by atoms with van der Waals surface area (Å²) in [6.07, 6.45) is 14.6. The summed E-state index contributed by atoms with van der Waals surface area (Å²) in [5.74, 6) is -0.472. The molecule has 8 atom stereocenters. The molecule has 2 aliphatic carbocycles. The number of nitrogens with zero attached hydrogens (tertiary/aromatic N) is 3. The average molecular weight is 830 g/mol. The molecule has 4 rings (SSSR count). The number of amides is 3. The third kappa shape index (κ3) is 17.5. The minimum Gasteiger partial charge on any atom is -0.347 e. The van der Waals surface area contributed by atoms with Gasteiger partial charge in [-0.1, -0.05) is 108 Å². The van der Waals surface area contributed by atoms with Crippen molar-refractivity contribution in [2.45, 2.75) is 191 Å². The largest absolute Gasteiger partial charge is 0.347 e. The molecule has 1 aromatic heterocycles. The van der Waals surface area contributed by atoms with Crippen LogP contribution in [0.1, 0.15) is 178 Å². The summed E-state index contributed by atoms with van der Waals surface area (Å²) in [5.41, 5.74) is 0.183. The fraction of sp³-hybridized carbons (Fsp3) is 0.787. The molecule has 336 valence electrons. The molecular formula is C47H80FN5O6. The zero-order chi connectivity index (χ0) is 45.0. The highest BCUT2D eigenvalue weighted by Crippen LogP contribution is 2.38. The van der Waals surface area contributed by atoms with Crippen LogP contribution < -0.4 is 10.6 Å². The van der Waals surface area contributed by atoms with Gasteiger partial charge in [-0.15, -0.1) is 0 Å². The van der Waals surface area contributed by atoms with Crippen molar-refractivity contribution in [2.75, 3.05) is 6.54 Å². The Hall–Kier alpha value is -3.57. The highest BCUT2D eigenvalue weighted by Gasteiger charge is 2.45. The number of ketones is 3. The van der Waals surface area contributed by atoms with Gasteiger partial charge >= 0.3 is 0 Å². The van der Waals surface area contributed by atoms with Crippen molar-refractivity contribution in [1.82, 2.24) is 25.5 Å². The second-order valence-corrected chi connectivity index (χ2v) is 17.9. The number of rotatable bonds is 16. The van der Waals surface area contributed by atoms with E-state index in [2.05, 4.69) is 62.1 Å².